The lowest BCUT2D eigenvalue weighted by molar-refractivity contribution is -0.122. The molecule has 1 saturated heterocycles. The monoisotopic (exact) mass is 246 g/mol. The Bertz CT molecular complexity index is 358. The van der Waals surface area contributed by atoms with Crippen LogP contribution in [0.15, 0.2) is 30.3 Å². The van der Waals surface area contributed by atoms with Gasteiger partial charge < -0.3 is 10.6 Å². The van der Waals surface area contributed by atoms with E-state index in [1.807, 2.05) is 18.2 Å². The summed E-state index contributed by atoms with van der Waals surface area (Å²) in [5, 5.41) is 6.34. The molecular weight excluding hydrogens is 224 g/mol. The highest BCUT2D eigenvalue weighted by Gasteiger charge is 2.16. The number of carbonyl (C=O) groups is 1. The Balaban J connectivity index is 1.62. The zero-order valence-electron chi connectivity index (χ0n) is 10.8. The van der Waals surface area contributed by atoms with Crippen LogP contribution in [0.3, 0.4) is 0 Å². The molecule has 1 heterocycles. The van der Waals surface area contributed by atoms with Gasteiger partial charge in [0.15, 0.2) is 0 Å². The molecule has 2 N–H and O–H groups in total. The van der Waals surface area contributed by atoms with E-state index < -0.39 is 0 Å². The van der Waals surface area contributed by atoms with Crippen LogP contribution in [0.4, 0.5) is 0 Å². The molecule has 1 aromatic rings. The van der Waals surface area contributed by atoms with Crippen LogP contribution in [0.5, 0.6) is 0 Å². The van der Waals surface area contributed by atoms with Gasteiger partial charge in [0.25, 0.3) is 0 Å². The molecule has 0 aliphatic carbocycles. The van der Waals surface area contributed by atoms with Crippen LogP contribution in [0, 0.1) is 5.92 Å². The van der Waals surface area contributed by atoms with E-state index in [1.54, 1.807) is 0 Å². The fraction of sp³-hybridized carbons (Fsp3) is 0.533. The van der Waals surface area contributed by atoms with Crippen molar-refractivity contribution in [1.82, 2.24) is 10.6 Å². The number of piperidine rings is 1. The van der Waals surface area contributed by atoms with Crippen LogP contribution in [0.1, 0.15) is 24.8 Å². The van der Waals surface area contributed by atoms with E-state index in [0.717, 1.165) is 38.9 Å². The van der Waals surface area contributed by atoms with Crippen molar-refractivity contribution in [3.8, 4) is 0 Å². The molecule has 0 spiro atoms. The van der Waals surface area contributed by atoms with E-state index in [4.69, 9.17) is 0 Å². The van der Waals surface area contributed by atoms with Gasteiger partial charge in [0.2, 0.25) is 5.91 Å². The molecule has 0 unspecified atom stereocenters. The predicted octanol–water partition coefficient (Wildman–Crippen LogP) is 1.73. The second-order valence-electron chi connectivity index (χ2n) is 4.98. The van der Waals surface area contributed by atoms with Gasteiger partial charge in [-0.1, -0.05) is 30.3 Å². The highest BCUT2D eigenvalue weighted by molar-refractivity contribution is 5.76. The highest BCUT2D eigenvalue weighted by Crippen LogP contribution is 2.15. The molecule has 2 rings (SSSR count). The van der Waals surface area contributed by atoms with E-state index in [9.17, 15) is 4.79 Å². The zero-order chi connectivity index (χ0) is 12.6. The van der Waals surface area contributed by atoms with Crippen molar-refractivity contribution in [1.29, 1.82) is 0 Å². The number of hydrogen-bond acceptors (Lipinski definition) is 2. The largest absolute Gasteiger partial charge is 0.356 e. The number of hydrogen-bond donors (Lipinski definition) is 2. The molecule has 0 aromatic heterocycles. The maximum absolute atomic E-state index is 11.8. The van der Waals surface area contributed by atoms with Crippen molar-refractivity contribution in [3.63, 3.8) is 0 Å². The number of amides is 1. The fourth-order valence-electron chi connectivity index (χ4n) is 2.41. The molecule has 1 aliphatic rings. The smallest absolute Gasteiger partial charge is 0.220 e. The normalized spacial score (nSPS) is 16.4. The van der Waals surface area contributed by atoms with Gasteiger partial charge >= 0.3 is 0 Å². The molecule has 1 aromatic carbocycles. The molecule has 1 aliphatic heterocycles. The number of benzene rings is 1. The molecule has 1 amide bonds. The summed E-state index contributed by atoms with van der Waals surface area (Å²) in [6.45, 7) is 2.86. The second-order valence-corrected chi connectivity index (χ2v) is 4.98. The van der Waals surface area contributed by atoms with Crippen molar-refractivity contribution in [3.05, 3.63) is 35.9 Å². The Labute approximate surface area is 109 Å². The van der Waals surface area contributed by atoms with Crippen molar-refractivity contribution in [2.24, 2.45) is 5.92 Å². The van der Waals surface area contributed by atoms with Crippen molar-refractivity contribution >= 4 is 5.91 Å². The first-order valence-electron chi connectivity index (χ1n) is 6.86. The fourth-order valence-corrected chi connectivity index (χ4v) is 2.41. The van der Waals surface area contributed by atoms with Crippen molar-refractivity contribution < 1.29 is 4.79 Å². The standard InChI is InChI=1S/C15H22N2O/c18-15(12-14-6-9-16-10-7-14)17-11-8-13-4-2-1-3-5-13/h1-5,14,16H,6-12H2,(H,17,18). The van der Waals surface area contributed by atoms with Crippen LogP contribution >= 0.6 is 0 Å². The molecule has 0 atom stereocenters. The summed E-state index contributed by atoms with van der Waals surface area (Å²) in [4.78, 5) is 11.8. The Morgan fingerprint density at radius 2 is 1.94 bits per heavy atom. The van der Waals surface area contributed by atoms with Crippen molar-refractivity contribution in [2.75, 3.05) is 19.6 Å². The maximum atomic E-state index is 11.8. The van der Waals surface area contributed by atoms with Crippen LogP contribution < -0.4 is 10.6 Å². The van der Waals surface area contributed by atoms with Gasteiger partial charge in [0.05, 0.1) is 0 Å². The molecule has 18 heavy (non-hydrogen) atoms. The lowest BCUT2D eigenvalue weighted by atomic mass is 9.94. The Morgan fingerprint density at radius 1 is 1.22 bits per heavy atom. The zero-order valence-corrected chi connectivity index (χ0v) is 10.8. The van der Waals surface area contributed by atoms with E-state index in [2.05, 4.69) is 22.8 Å². The van der Waals surface area contributed by atoms with Gasteiger partial charge in [-0.2, -0.15) is 0 Å². The van der Waals surface area contributed by atoms with Crippen LogP contribution in [-0.2, 0) is 11.2 Å². The van der Waals surface area contributed by atoms with Gasteiger partial charge in [0, 0.05) is 13.0 Å². The lowest BCUT2D eigenvalue weighted by Crippen LogP contribution is -2.32. The summed E-state index contributed by atoms with van der Waals surface area (Å²) < 4.78 is 0. The minimum absolute atomic E-state index is 0.206. The minimum atomic E-state index is 0.206. The first-order valence-corrected chi connectivity index (χ1v) is 6.86. The maximum Gasteiger partial charge on any atom is 0.220 e. The van der Waals surface area contributed by atoms with Gasteiger partial charge in [-0.3, -0.25) is 4.79 Å². The topological polar surface area (TPSA) is 41.1 Å². The first kappa shape index (κ1) is 13.1. The molecular formula is C15H22N2O. The van der Waals surface area contributed by atoms with Crippen LogP contribution in [0.2, 0.25) is 0 Å². The molecule has 0 bridgehead atoms. The number of rotatable bonds is 5. The SMILES string of the molecule is O=C(CC1CCNCC1)NCCc1ccccc1. The highest BCUT2D eigenvalue weighted by atomic mass is 16.1. The summed E-state index contributed by atoms with van der Waals surface area (Å²) in [5.41, 5.74) is 1.28. The number of carbonyl (C=O) groups excluding carboxylic acids is 1. The minimum Gasteiger partial charge on any atom is -0.356 e. The summed E-state index contributed by atoms with van der Waals surface area (Å²) in [7, 11) is 0. The molecule has 0 radical (unpaired) electrons. The predicted molar refractivity (Wildman–Crippen MR) is 73.4 cm³/mol. The Morgan fingerprint density at radius 3 is 2.67 bits per heavy atom. The molecule has 3 nitrogen and oxygen atoms in total. The third-order valence-corrected chi connectivity index (χ3v) is 3.51. The third-order valence-electron chi connectivity index (χ3n) is 3.51. The van der Waals surface area contributed by atoms with E-state index in [0.29, 0.717) is 12.3 Å². The second kappa shape index (κ2) is 7.17. The van der Waals surface area contributed by atoms with Crippen LogP contribution in [-0.4, -0.2) is 25.5 Å². The quantitative estimate of drug-likeness (QED) is 0.831. The lowest BCUT2D eigenvalue weighted by Gasteiger charge is -2.21. The van der Waals surface area contributed by atoms with Gasteiger partial charge in [-0.05, 0) is 43.8 Å². The number of nitrogens with one attached hydrogen (secondary N) is 2. The molecule has 0 saturated carbocycles. The van der Waals surface area contributed by atoms with E-state index in [1.165, 1.54) is 5.56 Å². The van der Waals surface area contributed by atoms with Crippen molar-refractivity contribution in [2.45, 2.75) is 25.7 Å². The summed E-state index contributed by atoms with van der Waals surface area (Å²) in [6.07, 6.45) is 3.87. The van der Waals surface area contributed by atoms with E-state index in [-0.39, 0.29) is 5.91 Å². The summed E-state index contributed by atoms with van der Waals surface area (Å²) in [6, 6.07) is 10.3. The van der Waals surface area contributed by atoms with Gasteiger partial charge in [0.1, 0.15) is 0 Å². The molecule has 1 fully saturated rings. The summed E-state index contributed by atoms with van der Waals surface area (Å²) >= 11 is 0. The Hall–Kier alpha value is -1.35. The van der Waals surface area contributed by atoms with E-state index >= 15 is 0 Å². The van der Waals surface area contributed by atoms with Gasteiger partial charge in [-0.15, -0.1) is 0 Å². The molecule has 98 valence electrons. The average molecular weight is 246 g/mol. The third kappa shape index (κ3) is 4.49. The first-order chi connectivity index (χ1) is 8.84. The Kier molecular flexibility index (Phi) is 5.21. The average Bonchev–Trinajstić information content (AvgIpc) is 2.41. The molecule has 3 heteroatoms. The van der Waals surface area contributed by atoms with Crippen LogP contribution in [0.25, 0.3) is 0 Å². The van der Waals surface area contributed by atoms with Gasteiger partial charge in [-0.25, -0.2) is 0 Å². The summed E-state index contributed by atoms with van der Waals surface area (Å²) in [5.74, 6) is 0.779.